The summed E-state index contributed by atoms with van der Waals surface area (Å²) in [6.45, 7) is 7.92. The first-order valence-electron chi connectivity index (χ1n) is 11.0. The van der Waals surface area contributed by atoms with Gasteiger partial charge in [0, 0.05) is 17.5 Å². The zero-order chi connectivity index (χ0) is 20.8. The van der Waals surface area contributed by atoms with E-state index in [9.17, 15) is 4.79 Å². The highest BCUT2D eigenvalue weighted by molar-refractivity contribution is 6.06. The topological polar surface area (TPSA) is 42.0 Å². The number of benzene rings is 2. The maximum atomic E-state index is 13.7. The number of nitrogens with zero attached hydrogens (tertiary/aromatic N) is 2. The smallest absolute Gasteiger partial charge is 0.293 e. The lowest BCUT2D eigenvalue weighted by Gasteiger charge is -2.42. The van der Waals surface area contributed by atoms with Crippen molar-refractivity contribution >= 4 is 11.6 Å². The number of rotatable bonds is 3. The lowest BCUT2D eigenvalue weighted by Crippen LogP contribution is -2.55. The van der Waals surface area contributed by atoms with Crippen molar-refractivity contribution in [3.05, 3.63) is 65.7 Å². The number of carbonyl (C=O) groups excluding carboxylic acids is 1. The molecule has 2 aromatic carbocycles. The number of carbonyl (C=O) groups is 1. The summed E-state index contributed by atoms with van der Waals surface area (Å²) in [5.41, 5.74) is 2.62. The van der Waals surface area contributed by atoms with Crippen LogP contribution < -0.4 is 4.90 Å². The number of hydrogen-bond acceptors (Lipinski definition) is 4. The van der Waals surface area contributed by atoms with E-state index in [2.05, 4.69) is 30.9 Å². The van der Waals surface area contributed by atoms with Gasteiger partial charge in [-0.1, -0.05) is 62.4 Å². The molecule has 5 rings (SSSR count). The molecule has 0 saturated carbocycles. The van der Waals surface area contributed by atoms with Gasteiger partial charge in [-0.25, -0.2) is 0 Å². The van der Waals surface area contributed by atoms with Gasteiger partial charge in [-0.3, -0.25) is 14.6 Å². The Bertz CT molecular complexity index is 921. The zero-order valence-corrected chi connectivity index (χ0v) is 17.8. The van der Waals surface area contributed by atoms with E-state index in [-0.39, 0.29) is 11.3 Å². The highest BCUT2D eigenvalue weighted by Gasteiger charge is 2.57. The molecule has 3 aliphatic heterocycles. The molecule has 5 heteroatoms. The van der Waals surface area contributed by atoms with Crippen LogP contribution in [0.25, 0.3) is 0 Å². The van der Waals surface area contributed by atoms with Crippen LogP contribution in [0.15, 0.2) is 54.6 Å². The van der Waals surface area contributed by atoms with Crippen molar-refractivity contribution in [2.75, 3.05) is 37.9 Å². The fraction of sp³-hybridized carbons (Fsp3) is 0.480. The fourth-order valence-corrected chi connectivity index (χ4v) is 5.04. The summed E-state index contributed by atoms with van der Waals surface area (Å²) in [6, 6.07) is 18.2. The van der Waals surface area contributed by atoms with Crippen LogP contribution in [0.1, 0.15) is 37.8 Å². The quantitative estimate of drug-likeness (QED) is 0.776. The molecule has 2 aromatic rings. The summed E-state index contributed by atoms with van der Waals surface area (Å²) in [7, 11) is 0. The molecule has 1 unspecified atom stereocenters. The van der Waals surface area contributed by atoms with Crippen molar-refractivity contribution in [3.63, 3.8) is 0 Å². The first-order valence-corrected chi connectivity index (χ1v) is 11.0. The number of anilines is 1. The van der Waals surface area contributed by atoms with Gasteiger partial charge in [0.15, 0.2) is 0 Å². The summed E-state index contributed by atoms with van der Waals surface area (Å²) in [4.78, 5) is 17.9. The molecular weight excluding hydrogens is 376 g/mol. The molecule has 2 fully saturated rings. The second-order valence-corrected chi connectivity index (χ2v) is 9.34. The molecule has 0 N–H and O–H groups in total. The lowest BCUT2D eigenvalue weighted by molar-refractivity contribution is -0.276. The van der Waals surface area contributed by atoms with Crippen LogP contribution in [0.4, 0.5) is 5.69 Å². The van der Waals surface area contributed by atoms with Gasteiger partial charge < -0.3 is 9.47 Å². The maximum absolute atomic E-state index is 13.7. The first kappa shape index (κ1) is 19.7. The Morgan fingerprint density at radius 2 is 1.73 bits per heavy atom. The second kappa shape index (κ2) is 7.49. The molecule has 0 aliphatic carbocycles. The summed E-state index contributed by atoms with van der Waals surface area (Å²) in [5, 5.41) is 0. The standard InChI is InChI=1S/C25H30N2O3/c1-19-9-8-14-26(15-19)18-27-22-13-7-6-12-21(22)25(23(27)28)29-16-24(2,17-30-25)20-10-4-3-5-11-20/h3-7,10-13,19H,8-9,14-18H2,1-2H3. The number of ether oxygens (including phenoxy) is 2. The Morgan fingerprint density at radius 1 is 1.03 bits per heavy atom. The Kier molecular flexibility index (Phi) is 4.92. The predicted octanol–water partition coefficient (Wildman–Crippen LogP) is 3.88. The van der Waals surface area contributed by atoms with Crippen LogP contribution in [0.2, 0.25) is 0 Å². The molecule has 3 heterocycles. The summed E-state index contributed by atoms with van der Waals surface area (Å²) in [5.74, 6) is -0.766. The van der Waals surface area contributed by atoms with Crippen LogP contribution in [-0.4, -0.2) is 43.8 Å². The van der Waals surface area contributed by atoms with E-state index >= 15 is 0 Å². The summed E-state index contributed by atoms with van der Waals surface area (Å²) in [6.07, 6.45) is 2.44. The van der Waals surface area contributed by atoms with Gasteiger partial charge in [-0.05, 0) is 36.9 Å². The van der Waals surface area contributed by atoms with E-state index in [0.717, 1.165) is 29.9 Å². The Balaban J connectivity index is 1.42. The summed E-state index contributed by atoms with van der Waals surface area (Å²) >= 11 is 0. The normalized spacial score (nSPS) is 31.9. The van der Waals surface area contributed by atoms with Gasteiger partial charge in [0.05, 0.1) is 25.6 Å². The van der Waals surface area contributed by atoms with E-state index in [0.29, 0.717) is 25.8 Å². The van der Waals surface area contributed by atoms with Gasteiger partial charge in [-0.15, -0.1) is 0 Å². The van der Waals surface area contributed by atoms with Crippen LogP contribution in [0.5, 0.6) is 0 Å². The number of amides is 1. The highest BCUT2D eigenvalue weighted by atomic mass is 16.7. The average molecular weight is 407 g/mol. The van der Waals surface area contributed by atoms with E-state index in [4.69, 9.17) is 9.47 Å². The number of likely N-dealkylation sites (tertiary alicyclic amines) is 1. The molecule has 0 aromatic heterocycles. The largest absolute Gasteiger partial charge is 0.337 e. The van der Waals surface area contributed by atoms with E-state index in [1.165, 1.54) is 12.8 Å². The van der Waals surface area contributed by atoms with Crippen LogP contribution in [0.3, 0.4) is 0 Å². The molecule has 1 amide bonds. The summed E-state index contributed by atoms with van der Waals surface area (Å²) < 4.78 is 12.7. The van der Waals surface area contributed by atoms with E-state index < -0.39 is 5.79 Å². The minimum absolute atomic E-state index is 0.1000. The molecule has 5 nitrogen and oxygen atoms in total. The van der Waals surface area contributed by atoms with Crippen LogP contribution in [-0.2, 0) is 25.5 Å². The Morgan fingerprint density at radius 3 is 2.47 bits per heavy atom. The van der Waals surface area contributed by atoms with Gasteiger partial charge in [0.25, 0.3) is 11.7 Å². The van der Waals surface area contributed by atoms with Crippen molar-refractivity contribution < 1.29 is 14.3 Å². The highest BCUT2D eigenvalue weighted by Crippen LogP contribution is 2.48. The van der Waals surface area contributed by atoms with E-state index in [1.54, 1.807) is 0 Å². The van der Waals surface area contributed by atoms with Crippen molar-refractivity contribution in [2.24, 2.45) is 5.92 Å². The van der Waals surface area contributed by atoms with Crippen molar-refractivity contribution in [2.45, 2.75) is 37.9 Å². The SMILES string of the molecule is CC1CCCN(CN2C(=O)C3(OCC(C)(c4ccccc4)CO3)c3ccccc32)C1. The average Bonchev–Trinajstić information content (AvgIpc) is 3.00. The molecule has 0 radical (unpaired) electrons. The van der Waals surface area contributed by atoms with Gasteiger partial charge >= 0.3 is 0 Å². The lowest BCUT2D eigenvalue weighted by atomic mass is 9.83. The maximum Gasteiger partial charge on any atom is 0.293 e. The number of para-hydroxylation sites is 1. The molecule has 30 heavy (non-hydrogen) atoms. The zero-order valence-electron chi connectivity index (χ0n) is 17.8. The molecular formula is C25H30N2O3. The Labute approximate surface area is 178 Å². The van der Waals surface area contributed by atoms with Crippen LogP contribution in [0, 0.1) is 5.92 Å². The molecule has 1 spiro atoms. The monoisotopic (exact) mass is 406 g/mol. The van der Waals surface area contributed by atoms with Gasteiger partial charge in [0.2, 0.25) is 0 Å². The molecule has 3 aliphatic rings. The van der Waals surface area contributed by atoms with Crippen LogP contribution >= 0.6 is 0 Å². The van der Waals surface area contributed by atoms with Crippen molar-refractivity contribution in [1.82, 2.24) is 4.90 Å². The number of fused-ring (bicyclic) bond motifs is 2. The third-order valence-corrected chi connectivity index (χ3v) is 6.82. The van der Waals surface area contributed by atoms with Crippen molar-refractivity contribution in [3.8, 4) is 0 Å². The van der Waals surface area contributed by atoms with Crippen molar-refractivity contribution in [1.29, 1.82) is 0 Å². The predicted molar refractivity (Wildman–Crippen MR) is 116 cm³/mol. The first-order chi connectivity index (χ1) is 14.5. The number of hydrogen-bond donors (Lipinski definition) is 0. The third-order valence-electron chi connectivity index (χ3n) is 6.82. The third kappa shape index (κ3) is 3.16. The van der Waals surface area contributed by atoms with Gasteiger partial charge in [0.1, 0.15) is 0 Å². The second-order valence-electron chi connectivity index (χ2n) is 9.34. The molecule has 1 atom stereocenters. The molecule has 2 saturated heterocycles. The van der Waals surface area contributed by atoms with Gasteiger partial charge in [-0.2, -0.15) is 0 Å². The molecule has 0 bridgehead atoms. The van der Waals surface area contributed by atoms with E-state index in [1.807, 2.05) is 47.4 Å². The number of piperidine rings is 1. The Hall–Kier alpha value is -2.21. The minimum atomic E-state index is -1.33. The molecule has 158 valence electrons. The fourth-order valence-electron chi connectivity index (χ4n) is 5.04. The minimum Gasteiger partial charge on any atom is -0.337 e.